The molecule has 140 valence electrons. The standard InChI is InChI=1S/C20H20N2O4S/c1-15-7-3-4-11-19(15)22(2)27(24,25)18-10-5-8-16(13-18)20(23)21-14-17-9-6-12-26-17/h3-13H,14H2,1-2H3,(H,21,23). The third-order valence-corrected chi connectivity index (χ3v) is 5.98. The minimum Gasteiger partial charge on any atom is -0.467 e. The summed E-state index contributed by atoms with van der Waals surface area (Å²) in [6.45, 7) is 2.08. The first kappa shape index (κ1) is 18.7. The van der Waals surface area contributed by atoms with Crippen molar-refractivity contribution >= 4 is 21.6 Å². The summed E-state index contributed by atoms with van der Waals surface area (Å²) in [7, 11) is -2.29. The Morgan fingerprint density at radius 1 is 1.07 bits per heavy atom. The number of hydrogen-bond acceptors (Lipinski definition) is 4. The number of rotatable bonds is 6. The van der Waals surface area contributed by atoms with Gasteiger partial charge in [0.15, 0.2) is 0 Å². The molecule has 0 saturated carbocycles. The van der Waals surface area contributed by atoms with Crippen molar-refractivity contribution in [2.24, 2.45) is 0 Å². The van der Waals surface area contributed by atoms with Gasteiger partial charge in [0.25, 0.3) is 15.9 Å². The van der Waals surface area contributed by atoms with Gasteiger partial charge in [-0.05, 0) is 48.9 Å². The molecule has 0 aliphatic rings. The zero-order valence-corrected chi connectivity index (χ0v) is 15.9. The molecule has 6 nitrogen and oxygen atoms in total. The van der Waals surface area contributed by atoms with E-state index in [4.69, 9.17) is 4.42 Å². The van der Waals surface area contributed by atoms with E-state index in [1.807, 2.05) is 19.1 Å². The Balaban J connectivity index is 1.83. The molecule has 0 aliphatic carbocycles. The summed E-state index contributed by atoms with van der Waals surface area (Å²) in [6.07, 6.45) is 1.52. The van der Waals surface area contributed by atoms with Gasteiger partial charge in [-0.2, -0.15) is 0 Å². The van der Waals surface area contributed by atoms with Gasteiger partial charge in [0.2, 0.25) is 0 Å². The predicted molar refractivity (Wildman–Crippen MR) is 103 cm³/mol. The molecule has 3 rings (SSSR count). The fourth-order valence-electron chi connectivity index (χ4n) is 2.68. The van der Waals surface area contributed by atoms with Gasteiger partial charge in [0.1, 0.15) is 5.76 Å². The van der Waals surface area contributed by atoms with Crippen LogP contribution in [0.4, 0.5) is 5.69 Å². The number of furan rings is 1. The molecule has 0 unspecified atom stereocenters. The molecule has 0 bridgehead atoms. The van der Waals surface area contributed by atoms with Crippen LogP contribution >= 0.6 is 0 Å². The van der Waals surface area contributed by atoms with Crippen molar-refractivity contribution in [3.8, 4) is 0 Å². The summed E-state index contributed by atoms with van der Waals surface area (Å²) in [5.74, 6) is 0.244. The molecule has 7 heteroatoms. The SMILES string of the molecule is Cc1ccccc1N(C)S(=O)(=O)c1cccc(C(=O)NCc2ccco2)c1. The highest BCUT2D eigenvalue weighted by Crippen LogP contribution is 2.25. The summed E-state index contributed by atoms with van der Waals surface area (Å²) < 4.78 is 32.4. The molecule has 0 radical (unpaired) electrons. The molecule has 0 spiro atoms. The number of carbonyl (C=O) groups is 1. The lowest BCUT2D eigenvalue weighted by atomic mass is 10.2. The Kier molecular flexibility index (Phi) is 5.32. The Bertz CT molecular complexity index is 1040. The van der Waals surface area contributed by atoms with Gasteiger partial charge < -0.3 is 9.73 Å². The molecule has 0 atom stereocenters. The van der Waals surface area contributed by atoms with Crippen molar-refractivity contribution in [3.63, 3.8) is 0 Å². The van der Waals surface area contributed by atoms with Crippen molar-refractivity contribution in [1.29, 1.82) is 0 Å². The van der Waals surface area contributed by atoms with Crippen molar-refractivity contribution in [3.05, 3.63) is 83.8 Å². The van der Waals surface area contributed by atoms with Crippen molar-refractivity contribution in [2.45, 2.75) is 18.4 Å². The number of nitrogens with zero attached hydrogens (tertiary/aromatic N) is 1. The number of aryl methyl sites for hydroxylation is 1. The average Bonchev–Trinajstić information content (AvgIpc) is 3.19. The van der Waals surface area contributed by atoms with E-state index in [0.717, 1.165) is 5.56 Å². The predicted octanol–water partition coefficient (Wildman–Crippen LogP) is 3.34. The summed E-state index contributed by atoms with van der Waals surface area (Å²) in [4.78, 5) is 12.4. The summed E-state index contributed by atoms with van der Waals surface area (Å²) in [5, 5.41) is 2.71. The van der Waals surface area contributed by atoms with E-state index in [-0.39, 0.29) is 22.9 Å². The summed E-state index contributed by atoms with van der Waals surface area (Å²) in [5.41, 5.74) is 1.70. The normalized spacial score (nSPS) is 11.2. The van der Waals surface area contributed by atoms with E-state index >= 15 is 0 Å². The number of amides is 1. The van der Waals surface area contributed by atoms with Gasteiger partial charge >= 0.3 is 0 Å². The smallest absolute Gasteiger partial charge is 0.264 e. The van der Waals surface area contributed by atoms with Crippen LogP contribution in [-0.2, 0) is 16.6 Å². The largest absolute Gasteiger partial charge is 0.467 e. The number of sulfonamides is 1. The lowest BCUT2D eigenvalue weighted by molar-refractivity contribution is 0.0948. The third kappa shape index (κ3) is 4.03. The zero-order chi connectivity index (χ0) is 19.4. The molecule has 27 heavy (non-hydrogen) atoms. The van der Waals surface area contributed by atoms with Crippen LogP contribution in [0.1, 0.15) is 21.7 Å². The van der Waals surface area contributed by atoms with Crippen LogP contribution in [0.2, 0.25) is 0 Å². The van der Waals surface area contributed by atoms with E-state index < -0.39 is 10.0 Å². The minimum absolute atomic E-state index is 0.0545. The van der Waals surface area contributed by atoms with E-state index in [2.05, 4.69) is 5.32 Å². The number of nitrogens with one attached hydrogen (secondary N) is 1. The van der Waals surface area contributed by atoms with Gasteiger partial charge in [-0.1, -0.05) is 24.3 Å². The number of carbonyl (C=O) groups excluding carboxylic acids is 1. The highest BCUT2D eigenvalue weighted by molar-refractivity contribution is 7.92. The van der Waals surface area contributed by atoms with Crippen LogP contribution in [-0.4, -0.2) is 21.4 Å². The highest BCUT2D eigenvalue weighted by atomic mass is 32.2. The Morgan fingerprint density at radius 3 is 2.56 bits per heavy atom. The first-order valence-corrected chi connectivity index (χ1v) is 9.79. The lowest BCUT2D eigenvalue weighted by Gasteiger charge is -2.21. The quantitative estimate of drug-likeness (QED) is 0.707. The molecule has 2 aromatic carbocycles. The maximum Gasteiger partial charge on any atom is 0.264 e. The topological polar surface area (TPSA) is 79.6 Å². The van der Waals surface area contributed by atoms with Gasteiger partial charge in [-0.3, -0.25) is 9.10 Å². The average molecular weight is 384 g/mol. The van der Waals surface area contributed by atoms with Crippen LogP contribution < -0.4 is 9.62 Å². The fraction of sp³-hybridized carbons (Fsp3) is 0.150. The van der Waals surface area contributed by atoms with Crippen molar-refractivity contribution in [1.82, 2.24) is 5.32 Å². The number of para-hydroxylation sites is 1. The van der Waals surface area contributed by atoms with E-state index in [0.29, 0.717) is 11.4 Å². The molecule has 0 fully saturated rings. The molecule has 0 aliphatic heterocycles. The second-order valence-electron chi connectivity index (χ2n) is 6.05. The van der Waals surface area contributed by atoms with E-state index in [1.165, 1.54) is 29.7 Å². The Morgan fingerprint density at radius 2 is 1.85 bits per heavy atom. The zero-order valence-electron chi connectivity index (χ0n) is 15.0. The Hall–Kier alpha value is -3.06. The molecule has 1 N–H and O–H groups in total. The maximum atomic E-state index is 13.0. The Labute approximate surface area is 158 Å². The van der Waals surface area contributed by atoms with Crippen LogP contribution in [0.25, 0.3) is 0 Å². The van der Waals surface area contributed by atoms with Gasteiger partial charge in [0.05, 0.1) is 23.4 Å². The summed E-state index contributed by atoms with van der Waals surface area (Å²) >= 11 is 0. The first-order valence-electron chi connectivity index (χ1n) is 8.35. The third-order valence-electron chi connectivity index (χ3n) is 4.21. The second kappa shape index (κ2) is 7.67. The number of hydrogen-bond donors (Lipinski definition) is 1. The highest BCUT2D eigenvalue weighted by Gasteiger charge is 2.23. The minimum atomic E-state index is -3.79. The molecular formula is C20H20N2O4S. The van der Waals surface area contributed by atoms with Crippen LogP contribution in [0.3, 0.4) is 0 Å². The first-order chi connectivity index (χ1) is 12.9. The summed E-state index contributed by atoms with van der Waals surface area (Å²) in [6, 6.07) is 16.7. The number of anilines is 1. The van der Waals surface area contributed by atoms with Crippen LogP contribution in [0, 0.1) is 6.92 Å². The molecule has 1 amide bonds. The molecule has 1 heterocycles. The van der Waals surface area contributed by atoms with Gasteiger partial charge in [0, 0.05) is 12.6 Å². The maximum absolute atomic E-state index is 13.0. The number of benzene rings is 2. The van der Waals surface area contributed by atoms with Crippen molar-refractivity contribution in [2.75, 3.05) is 11.4 Å². The van der Waals surface area contributed by atoms with Crippen LogP contribution in [0.5, 0.6) is 0 Å². The fourth-order valence-corrected chi connectivity index (χ4v) is 3.99. The monoisotopic (exact) mass is 384 g/mol. The molecular weight excluding hydrogens is 364 g/mol. The van der Waals surface area contributed by atoms with Crippen molar-refractivity contribution < 1.29 is 17.6 Å². The van der Waals surface area contributed by atoms with Gasteiger partial charge in [-0.25, -0.2) is 8.42 Å². The van der Waals surface area contributed by atoms with Crippen LogP contribution in [0.15, 0.2) is 76.2 Å². The molecule has 0 saturated heterocycles. The molecule has 3 aromatic rings. The second-order valence-corrected chi connectivity index (χ2v) is 8.02. The van der Waals surface area contributed by atoms with Gasteiger partial charge in [-0.15, -0.1) is 0 Å². The molecule has 1 aromatic heterocycles. The lowest BCUT2D eigenvalue weighted by Crippen LogP contribution is -2.28. The van der Waals surface area contributed by atoms with E-state index in [1.54, 1.807) is 36.4 Å². The van der Waals surface area contributed by atoms with E-state index in [9.17, 15) is 13.2 Å².